The van der Waals surface area contributed by atoms with Gasteiger partial charge < -0.3 is 15.4 Å². The molecule has 1 fully saturated rings. The van der Waals surface area contributed by atoms with Gasteiger partial charge in [-0.1, -0.05) is 11.6 Å². The summed E-state index contributed by atoms with van der Waals surface area (Å²) in [5.41, 5.74) is 0.644. The Morgan fingerprint density at radius 3 is 3.11 bits per heavy atom. The Morgan fingerprint density at radius 2 is 2.42 bits per heavy atom. The molecule has 0 saturated carbocycles. The first kappa shape index (κ1) is 14.2. The first-order chi connectivity index (χ1) is 9.19. The van der Waals surface area contributed by atoms with Gasteiger partial charge in [-0.3, -0.25) is 4.79 Å². The highest BCUT2D eigenvalue weighted by molar-refractivity contribution is 6.31. The normalized spacial score (nSPS) is 18.3. The number of hydrogen-bond acceptors (Lipinski definition) is 3. The van der Waals surface area contributed by atoms with Gasteiger partial charge in [-0.05, 0) is 50.6 Å². The highest BCUT2D eigenvalue weighted by Crippen LogP contribution is 2.28. The van der Waals surface area contributed by atoms with Crippen LogP contribution in [0.2, 0.25) is 5.02 Å². The third kappa shape index (κ3) is 4.11. The minimum atomic E-state index is 0.0110. The number of anilines is 1. The molecular weight excluding hydrogens is 264 g/mol. The van der Waals surface area contributed by atoms with Gasteiger partial charge in [0.2, 0.25) is 5.91 Å². The van der Waals surface area contributed by atoms with Crippen molar-refractivity contribution in [1.82, 2.24) is 5.32 Å². The number of carbonyl (C=O) groups excluding carboxylic acids is 1. The molecular formula is C14H19ClN2O2. The molecule has 2 rings (SSSR count). The molecule has 0 aliphatic carbocycles. The van der Waals surface area contributed by atoms with E-state index < -0.39 is 0 Å². The second-order valence-corrected chi connectivity index (χ2v) is 5.12. The Labute approximate surface area is 118 Å². The minimum Gasteiger partial charge on any atom is -0.492 e. The summed E-state index contributed by atoms with van der Waals surface area (Å²) in [4.78, 5) is 12.0. The summed E-state index contributed by atoms with van der Waals surface area (Å²) in [5, 5.41) is 6.73. The van der Waals surface area contributed by atoms with E-state index in [2.05, 4.69) is 10.6 Å². The Morgan fingerprint density at radius 1 is 1.58 bits per heavy atom. The smallest absolute Gasteiger partial charge is 0.224 e. The Bertz CT molecular complexity index is 445. The molecule has 2 N–H and O–H groups in total. The Hall–Kier alpha value is -1.26. The van der Waals surface area contributed by atoms with Crippen LogP contribution >= 0.6 is 11.6 Å². The number of halogens is 1. The SMILES string of the molecule is CCOc1ccc(Cl)cc1NC(=O)CC1CCNC1. The van der Waals surface area contributed by atoms with E-state index in [9.17, 15) is 4.79 Å². The van der Waals surface area contributed by atoms with Gasteiger partial charge in [0, 0.05) is 11.4 Å². The summed E-state index contributed by atoms with van der Waals surface area (Å²) in [6, 6.07) is 5.25. The van der Waals surface area contributed by atoms with Crippen molar-refractivity contribution >= 4 is 23.2 Å². The molecule has 104 valence electrons. The number of nitrogens with one attached hydrogen (secondary N) is 2. The van der Waals surface area contributed by atoms with Crippen molar-refractivity contribution in [2.45, 2.75) is 19.8 Å². The van der Waals surface area contributed by atoms with Crippen LogP contribution in [0.3, 0.4) is 0 Å². The van der Waals surface area contributed by atoms with Gasteiger partial charge in [-0.2, -0.15) is 0 Å². The van der Waals surface area contributed by atoms with Gasteiger partial charge in [0.05, 0.1) is 12.3 Å². The van der Waals surface area contributed by atoms with E-state index in [1.54, 1.807) is 18.2 Å². The highest BCUT2D eigenvalue weighted by atomic mass is 35.5. The van der Waals surface area contributed by atoms with Crippen LogP contribution in [0.1, 0.15) is 19.8 Å². The molecule has 4 nitrogen and oxygen atoms in total. The van der Waals surface area contributed by atoms with Crippen molar-refractivity contribution in [2.75, 3.05) is 25.0 Å². The fraction of sp³-hybridized carbons (Fsp3) is 0.500. The van der Waals surface area contributed by atoms with Crippen LogP contribution in [0.4, 0.5) is 5.69 Å². The maximum atomic E-state index is 12.0. The van der Waals surface area contributed by atoms with E-state index >= 15 is 0 Å². The molecule has 0 bridgehead atoms. The lowest BCUT2D eigenvalue weighted by atomic mass is 10.0. The lowest BCUT2D eigenvalue weighted by Crippen LogP contribution is -2.18. The monoisotopic (exact) mass is 282 g/mol. The lowest BCUT2D eigenvalue weighted by molar-refractivity contribution is -0.117. The second kappa shape index (κ2) is 6.78. The summed E-state index contributed by atoms with van der Waals surface area (Å²) in [7, 11) is 0. The first-order valence-electron chi connectivity index (χ1n) is 6.62. The van der Waals surface area contributed by atoms with Crippen molar-refractivity contribution in [3.63, 3.8) is 0 Å². The summed E-state index contributed by atoms with van der Waals surface area (Å²) in [6.07, 6.45) is 1.59. The number of hydrogen-bond donors (Lipinski definition) is 2. The fourth-order valence-electron chi connectivity index (χ4n) is 2.23. The third-order valence-corrected chi connectivity index (χ3v) is 3.39. The van der Waals surface area contributed by atoms with Crippen LogP contribution in [-0.2, 0) is 4.79 Å². The molecule has 1 aromatic rings. The molecule has 19 heavy (non-hydrogen) atoms. The van der Waals surface area contributed by atoms with Crippen molar-refractivity contribution < 1.29 is 9.53 Å². The van der Waals surface area contributed by atoms with Gasteiger partial charge in [-0.25, -0.2) is 0 Å². The second-order valence-electron chi connectivity index (χ2n) is 4.68. The average molecular weight is 283 g/mol. The summed E-state index contributed by atoms with van der Waals surface area (Å²) < 4.78 is 5.48. The summed E-state index contributed by atoms with van der Waals surface area (Å²) in [5.74, 6) is 1.09. The third-order valence-electron chi connectivity index (χ3n) is 3.15. The molecule has 1 saturated heterocycles. The van der Waals surface area contributed by atoms with Crippen LogP contribution in [-0.4, -0.2) is 25.6 Å². The van der Waals surface area contributed by atoms with Crippen LogP contribution in [0.15, 0.2) is 18.2 Å². The van der Waals surface area contributed by atoms with E-state index in [1.165, 1.54) is 0 Å². The molecule has 1 unspecified atom stereocenters. The van der Waals surface area contributed by atoms with Gasteiger partial charge in [0.15, 0.2) is 0 Å². The Balaban J connectivity index is 2.00. The summed E-state index contributed by atoms with van der Waals surface area (Å²) in [6.45, 7) is 4.38. The van der Waals surface area contributed by atoms with Gasteiger partial charge >= 0.3 is 0 Å². The van der Waals surface area contributed by atoms with Crippen LogP contribution in [0.25, 0.3) is 0 Å². The first-order valence-corrected chi connectivity index (χ1v) is 6.99. The predicted molar refractivity (Wildman–Crippen MR) is 76.8 cm³/mol. The van der Waals surface area contributed by atoms with Crippen LogP contribution < -0.4 is 15.4 Å². The molecule has 1 aliphatic heterocycles. The number of ether oxygens (including phenoxy) is 1. The molecule has 5 heteroatoms. The largest absolute Gasteiger partial charge is 0.492 e. The molecule has 1 amide bonds. The topological polar surface area (TPSA) is 50.4 Å². The van der Waals surface area contributed by atoms with E-state index in [0.717, 1.165) is 19.5 Å². The summed E-state index contributed by atoms with van der Waals surface area (Å²) >= 11 is 5.95. The maximum Gasteiger partial charge on any atom is 0.224 e. The van der Waals surface area contributed by atoms with Gasteiger partial charge in [0.25, 0.3) is 0 Å². The number of rotatable bonds is 5. The molecule has 1 heterocycles. The van der Waals surface area contributed by atoms with Crippen LogP contribution in [0, 0.1) is 5.92 Å². The molecule has 1 aromatic carbocycles. The number of carbonyl (C=O) groups is 1. The van der Waals surface area contributed by atoms with Crippen molar-refractivity contribution in [2.24, 2.45) is 5.92 Å². The lowest BCUT2D eigenvalue weighted by Gasteiger charge is -2.13. The number of benzene rings is 1. The van der Waals surface area contributed by atoms with E-state index in [1.807, 2.05) is 6.92 Å². The van der Waals surface area contributed by atoms with Crippen molar-refractivity contribution in [1.29, 1.82) is 0 Å². The van der Waals surface area contributed by atoms with E-state index in [-0.39, 0.29) is 5.91 Å². The van der Waals surface area contributed by atoms with Crippen molar-refractivity contribution in [3.05, 3.63) is 23.2 Å². The quantitative estimate of drug-likeness (QED) is 0.873. The zero-order valence-electron chi connectivity index (χ0n) is 11.0. The Kier molecular flexibility index (Phi) is 5.05. The number of amides is 1. The van der Waals surface area contributed by atoms with Crippen LogP contribution in [0.5, 0.6) is 5.75 Å². The van der Waals surface area contributed by atoms with E-state index in [0.29, 0.717) is 35.4 Å². The standard InChI is InChI=1S/C14H19ClN2O2/c1-2-19-13-4-3-11(15)8-12(13)17-14(18)7-10-5-6-16-9-10/h3-4,8,10,16H,2,5-7,9H2,1H3,(H,17,18). The molecule has 1 aliphatic rings. The van der Waals surface area contributed by atoms with E-state index in [4.69, 9.17) is 16.3 Å². The fourth-order valence-corrected chi connectivity index (χ4v) is 2.41. The van der Waals surface area contributed by atoms with Crippen molar-refractivity contribution in [3.8, 4) is 5.75 Å². The zero-order valence-corrected chi connectivity index (χ0v) is 11.8. The predicted octanol–water partition coefficient (Wildman–Crippen LogP) is 2.68. The molecule has 0 radical (unpaired) electrons. The molecule has 0 aromatic heterocycles. The highest BCUT2D eigenvalue weighted by Gasteiger charge is 2.18. The molecule has 0 spiro atoms. The van der Waals surface area contributed by atoms with Gasteiger partial charge in [0.1, 0.15) is 5.75 Å². The average Bonchev–Trinajstić information content (AvgIpc) is 2.85. The van der Waals surface area contributed by atoms with Gasteiger partial charge in [-0.15, -0.1) is 0 Å². The molecule has 1 atom stereocenters. The maximum absolute atomic E-state index is 12.0. The zero-order chi connectivity index (χ0) is 13.7. The minimum absolute atomic E-state index is 0.0110.